The smallest absolute Gasteiger partial charge is 0.312 e. The van der Waals surface area contributed by atoms with Gasteiger partial charge < -0.3 is 19.7 Å². The maximum atomic E-state index is 11.4. The van der Waals surface area contributed by atoms with Crippen LogP contribution >= 0.6 is 0 Å². The van der Waals surface area contributed by atoms with E-state index in [2.05, 4.69) is 0 Å². The van der Waals surface area contributed by atoms with E-state index in [0.717, 1.165) is 22.4 Å². The van der Waals surface area contributed by atoms with Gasteiger partial charge in [0.2, 0.25) is 0 Å². The minimum absolute atomic E-state index is 0.381. The summed E-state index contributed by atoms with van der Waals surface area (Å²) < 4.78 is 10.9. The first-order valence-electron chi connectivity index (χ1n) is 8.47. The first kappa shape index (κ1) is 19.9. The molecule has 5 heteroatoms. The van der Waals surface area contributed by atoms with Crippen molar-refractivity contribution < 1.29 is 24.5 Å². The Morgan fingerprint density at radius 2 is 1.77 bits per heavy atom. The molecule has 2 aromatic rings. The van der Waals surface area contributed by atoms with Gasteiger partial charge in [0.05, 0.1) is 31.8 Å². The second-order valence-corrected chi connectivity index (χ2v) is 6.96. The van der Waals surface area contributed by atoms with Crippen molar-refractivity contribution in [1.29, 1.82) is 0 Å². The predicted molar refractivity (Wildman–Crippen MR) is 99.0 cm³/mol. The predicted octanol–water partition coefficient (Wildman–Crippen LogP) is 3.86. The van der Waals surface area contributed by atoms with Crippen LogP contribution in [0, 0.1) is 12.3 Å². The molecule has 0 amide bonds. The quantitative estimate of drug-likeness (QED) is 0.749. The number of hydrogen-bond donors (Lipinski definition) is 2. The summed E-state index contributed by atoms with van der Waals surface area (Å²) in [5, 5.41) is 19.8. The van der Waals surface area contributed by atoms with Crippen LogP contribution in [-0.2, 0) is 22.7 Å². The zero-order valence-electron chi connectivity index (χ0n) is 15.7. The Bertz CT molecular complexity index is 749. The molecule has 0 unspecified atom stereocenters. The molecule has 0 bridgehead atoms. The molecule has 26 heavy (non-hydrogen) atoms. The zero-order valence-corrected chi connectivity index (χ0v) is 15.7. The molecule has 0 aliphatic rings. The molecule has 2 N–H and O–H groups in total. The summed E-state index contributed by atoms with van der Waals surface area (Å²) in [6, 6.07) is 13.1. The van der Waals surface area contributed by atoms with Crippen molar-refractivity contribution in [3.63, 3.8) is 0 Å². The number of methoxy groups -OCH3 is 1. The number of aliphatic hydroxyl groups excluding tert-OH is 1. The third kappa shape index (κ3) is 4.62. The molecule has 0 heterocycles. The fourth-order valence-electron chi connectivity index (χ4n) is 2.55. The van der Waals surface area contributed by atoms with Crippen LogP contribution in [0.15, 0.2) is 42.5 Å². The van der Waals surface area contributed by atoms with Crippen molar-refractivity contribution in [3.05, 3.63) is 64.7 Å². The Morgan fingerprint density at radius 1 is 1.12 bits per heavy atom. The number of aryl methyl sites for hydroxylation is 1. The summed E-state index contributed by atoms with van der Waals surface area (Å²) in [6.07, 6.45) is -1.10. The lowest BCUT2D eigenvalue weighted by Gasteiger charge is -2.26. The number of hydrogen-bond acceptors (Lipinski definition) is 4. The van der Waals surface area contributed by atoms with E-state index >= 15 is 0 Å². The van der Waals surface area contributed by atoms with Gasteiger partial charge in [-0.3, -0.25) is 4.79 Å². The Labute approximate surface area is 154 Å². The molecule has 0 fully saturated rings. The van der Waals surface area contributed by atoms with Crippen molar-refractivity contribution in [3.8, 4) is 5.75 Å². The number of carbonyl (C=O) groups is 1. The van der Waals surface area contributed by atoms with E-state index in [1.165, 1.54) is 13.8 Å². The van der Waals surface area contributed by atoms with Gasteiger partial charge >= 0.3 is 5.97 Å². The monoisotopic (exact) mass is 358 g/mol. The highest BCUT2D eigenvalue weighted by Gasteiger charge is 2.36. The highest BCUT2D eigenvalue weighted by atomic mass is 16.5. The zero-order chi connectivity index (χ0) is 19.3. The summed E-state index contributed by atoms with van der Waals surface area (Å²) in [5.74, 6) is -0.241. The van der Waals surface area contributed by atoms with E-state index in [9.17, 15) is 15.0 Å². The van der Waals surface area contributed by atoms with Crippen LogP contribution in [0.2, 0.25) is 0 Å². The van der Waals surface area contributed by atoms with Gasteiger partial charge in [0.25, 0.3) is 0 Å². The summed E-state index contributed by atoms with van der Waals surface area (Å²) in [7, 11) is 1.63. The fourth-order valence-corrected chi connectivity index (χ4v) is 2.55. The first-order valence-corrected chi connectivity index (χ1v) is 8.47. The highest BCUT2D eigenvalue weighted by molar-refractivity contribution is 5.74. The van der Waals surface area contributed by atoms with Crippen molar-refractivity contribution in [1.82, 2.24) is 0 Å². The lowest BCUT2D eigenvalue weighted by atomic mass is 9.82. The maximum absolute atomic E-state index is 11.4. The van der Waals surface area contributed by atoms with Crippen molar-refractivity contribution >= 4 is 5.97 Å². The van der Waals surface area contributed by atoms with Crippen LogP contribution in [-0.4, -0.2) is 23.3 Å². The molecule has 0 saturated heterocycles. The number of aliphatic carboxylic acids is 1. The summed E-state index contributed by atoms with van der Waals surface area (Å²) in [6.45, 7) is 5.83. The van der Waals surface area contributed by atoms with Gasteiger partial charge in [0, 0.05) is 0 Å². The Kier molecular flexibility index (Phi) is 6.40. The lowest BCUT2D eigenvalue weighted by molar-refractivity contribution is -0.153. The van der Waals surface area contributed by atoms with E-state index in [0.29, 0.717) is 18.8 Å². The van der Waals surface area contributed by atoms with Gasteiger partial charge in [0.1, 0.15) is 5.75 Å². The Balaban J connectivity index is 2.06. The third-order valence-electron chi connectivity index (χ3n) is 4.61. The second kappa shape index (κ2) is 8.34. The average molecular weight is 358 g/mol. The van der Waals surface area contributed by atoms with E-state index in [1.807, 2.05) is 43.3 Å². The number of aliphatic hydroxyl groups is 1. The molecule has 2 rings (SSSR count). The van der Waals surface area contributed by atoms with Crippen molar-refractivity contribution in [2.45, 2.75) is 40.1 Å². The van der Waals surface area contributed by atoms with Gasteiger partial charge in [-0.05, 0) is 55.2 Å². The second-order valence-electron chi connectivity index (χ2n) is 6.96. The number of carboxylic acids is 1. The van der Waals surface area contributed by atoms with Crippen LogP contribution in [0.25, 0.3) is 0 Å². The molecule has 0 spiro atoms. The molecule has 2 aromatic carbocycles. The van der Waals surface area contributed by atoms with Crippen LogP contribution in [0.5, 0.6) is 5.75 Å². The molecular formula is C21H26O5. The molecule has 0 aliphatic carbocycles. The summed E-state index contributed by atoms with van der Waals surface area (Å²) >= 11 is 0. The van der Waals surface area contributed by atoms with E-state index < -0.39 is 17.5 Å². The van der Waals surface area contributed by atoms with Gasteiger partial charge in [-0.15, -0.1) is 0 Å². The third-order valence-corrected chi connectivity index (χ3v) is 4.61. The minimum atomic E-state index is -1.27. The number of carboxylic acid groups (broad SMARTS) is 1. The van der Waals surface area contributed by atoms with Gasteiger partial charge in [-0.1, -0.05) is 30.3 Å². The van der Waals surface area contributed by atoms with Crippen LogP contribution < -0.4 is 4.74 Å². The number of ether oxygens (including phenoxy) is 2. The molecule has 0 saturated carbocycles. The molecule has 1 atom stereocenters. The van der Waals surface area contributed by atoms with E-state index in [-0.39, 0.29) is 0 Å². The molecule has 0 aromatic heterocycles. The fraction of sp³-hybridized carbons (Fsp3) is 0.381. The molecular weight excluding hydrogens is 332 g/mol. The molecule has 140 valence electrons. The topological polar surface area (TPSA) is 76.0 Å². The van der Waals surface area contributed by atoms with E-state index in [4.69, 9.17) is 9.47 Å². The molecule has 0 aliphatic heterocycles. The highest BCUT2D eigenvalue weighted by Crippen LogP contribution is 2.34. The summed E-state index contributed by atoms with van der Waals surface area (Å²) in [5.41, 5.74) is 2.30. The maximum Gasteiger partial charge on any atom is 0.312 e. The largest absolute Gasteiger partial charge is 0.497 e. The van der Waals surface area contributed by atoms with E-state index in [1.54, 1.807) is 13.2 Å². The lowest BCUT2D eigenvalue weighted by Crippen LogP contribution is -2.31. The average Bonchev–Trinajstić information content (AvgIpc) is 2.63. The minimum Gasteiger partial charge on any atom is -0.497 e. The van der Waals surface area contributed by atoms with Crippen LogP contribution in [0.1, 0.15) is 42.2 Å². The van der Waals surface area contributed by atoms with Crippen molar-refractivity contribution in [2.75, 3.05) is 7.11 Å². The molecule has 0 radical (unpaired) electrons. The normalized spacial score (nSPS) is 12.7. The van der Waals surface area contributed by atoms with Gasteiger partial charge in [0.15, 0.2) is 0 Å². The Hall–Kier alpha value is -2.37. The summed E-state index contributed by atoms with van der Waals surface area (Å²) in [4.78, 5) is 11.4. The standard InChI is InChI=1S/C21H26O5/c1-14-5-8-16(19(22)21(2,3)20(23)24)11-17(14)13-26-12-15-6-9-18(25-4)10-7-15/h5-11,19,22H,12-13H2,1-4H3,(H,23,24)/t19-/m1/s1. The van der Waals surface area contributed by atoms with Crippen molar-refractivity contribution in [2.24, 2.45) is 5.41 Å². The van der Waals surface area contributed by atoms with Crippen LogP contribution in [0.4, 0.5) is 0 Å². The Morgan fingerprint density at radius 3 is 2.35 bits per heavy atom. The van der Waals surface area contributed by atoms with Gasteiger partial charge in [-0.2, -0.15) is 0 Å². The number of rotatable bonds is 8. The first-order chi connectivity index (χ1) is 12.3. The van der Waals surface area contributed by atoms with Gasteiger partial charge in [-0.25, -0.2) is 0 Å². The number of benzene rings is 2. The van der Waals surface area contributed by atoms with Crippen LogP contribution in [0.3, 0.4) is 0 Å². The molecule has 5 nitrogen and oxygen atoms in total. The SMILES string of the molecule is COc1ccc(COCc2cc([C@@H](O)C(C)(C)C(=O)O)ccc2C)cc1.